The molecule has 0 aromatic carbocycles. The predicted molar refractivity (Wildman–Crippen MR) is 79.0 cm³/mol. The van der Waals surface area contributed by atoms with Gasteiger partial charge in [0.25, 0.3) is 0 Å². The highest BCUT2D eigenvalue weighted by molar-refractivity contribution is 6.33. The second-order valence-electron chi connectivity index (χ2n) is 5.40. The number of rotatable bonds is 2. The third-order valence-electron chi connectivity index (χ3n) is 4.25. The van der Waals surface area contributed by atoms with Gasteiger partial charge in [0.15, 0.2) is 0 Å². The fourth-order valence-electron chi connectivity index (χ4n) is 3.06. The predicted octanol–water partition coefficient (Wildman–Crippen LogP) is 1.53. The third-order valence-corrected chi connectivity index (χ3v) is 4.72. The van der Waals surface area contributed by atoms with Gasteiger partial charge in [-0.05, 0) is 26.0 Å². The molecular weight excluding hydrogens is 260 g/mol. The van der Waals surface area contributed by atoms with E-state index in [2.05, 4.69) is 20.1 Å². The third kappa shape index (κ3) is 2.71. The number of nitrogens with one attached hydrogen (secondary N) is 1. The van der Waals surface area contributed by atoms with Crippen molar-refractivity contribution in [2.45, 2.75) is 19.4 Å². The Morgan fingerprint density at radius 2 is 2.11 bits per heavy atom. The first kappa shape index (κ1) is 13.2. The van der Waals surface area contributed by atoms with Crippen molar-refractivity contribution in [1.29, 1.82) is 0 Å². The summed E-state index contributed by atoms with van der Waals surface area (Å²) < 4.78 is 0. The maximum atomic E-state index is 6.36. The van der Waals surface area contributed by atoms with E-state index in [0.29, 0.717) is 0 Å². The fraction of sp³-hybridized carbons (Fsp3) is 0.643. The number of halogens is 1. The van der Waals surface area contributed by atoms with E-state index >= 15 is 0 Å². The van der Waals surface area contributed by atoms with Crippen LogP contribution in [0.3, 0.4) is 0 Å². The highest BCUT2D eigenvalue weighted by Crippen LogP contribution is 2.28. The molecule has 1 aromatic rings. The Hall–Kier alpha value is -0.840. The van der Waals surface area contributed by atoms with Gasteiger partial charge >= 0.3 is 0 Å². The molecule has 1 N–H and O–H groups in total. The van der Waals surface area contributed by atoms with Gasteiger partial charge in [-0.15, -0.1) is 0 Å². The van der Waals surface area contributed by atoms with Crippen LogP contribution in [0.4, 0.5) is 5.69 Å². The highest BCUT2D eigenvalue weighted by atomic mass is 35.5. The average Bonchev–Trinajstić information content (AvgIpc) is 2.96. The Bertz CT molecular complexity index is 437. The van der Waals surface area contributed by atoms with E-state index in [1.54, 1.807) is 0 Å². The summed E-state index contributed by atoms with van der Waals surface area (Å²) in [6, 6.07) is 2.76. The van der Waals surface area contributed by atoms with Gasteiger partial charge in [0.2, 0.25) is 0 Å². The van der Waals surface area contributed by atoms with E-state index in [1.807, 2.05) is 19.2 Å². The zero-order chi connectivity index (χ0) is 13.2. The molecule has 2 aliphatic rings. The maximum Gasteiger partial charge on any atom is 0.0851 e. The lowest BCUT2D eigenvalue weighted by Crippen LogP contribution is -2.51. The standard InChI is InChI=1S/C14H21ClN4/c1-11-14(15)13(3-5-17-11)19-8-6-18(7-9-19)12-2-4-16-10-12/h3,5,12,16H,2,4,6-10H2,1H3. The minimum atomic E-state index is 0.733. The number of piperazine rings is 1. The first-order valence-corrected chi connectivity index (χ1v) is 7.44. The zero-order valence-electron chi connectivity index (χ0n) is 11.4. The molecule has 1 atom stereocenters. The van der Waals surface area contributed by atoms with Crippen molar-refractivity contribution in [2.75, 3.05) is 44.2 Å². The quantitative estimate of drug-likeness (QED) is 0.890. The van der Waals surface area contributed by atoms with Crippen molar-refractivity contribution in [3.63, 3.8) is 0 Å². The molecule has 104 valence electrons. The SMILES string of the molecule is Cc1nccc(N2CCN(C3CCNC3)CC2)c1Cl. The summed E-state index contributed by atoms with van der Waals surface area (Å²) in [5.41, 5.74) is 2.06. The Kier molecular flexibility index (Phi) is 3.91. The number of aromatic nitrogens is 1. The lowest BCUT2D eigenvalue weighted by Gasteiger charge is -2.39. The van der Waals surface area contributed by atoms with Gasteiger partial charge in [0.05, 0.1) is 16.4 Å². The van der Waals surface area contributed by atoms with Gasteiger partial charge in [0, 0.05) is 45.0 Å². The molecule has 3 rings (SSSR count). The highest BCUT2D eigenvalue weighted by Gasteiger charge is 2.26. The van der Waals surface area contributed by atoms with Crippen LogP contribution < -0.4 is 10.2 Å². The Balaban J connectivity index is 1.64. The molecule has 0 aliphatic carbocycles. The molecule has 0 radical (unpaired) electrons. The molecule has 1 unspecified atom stereocenters. The number of hydrogen-bond donors (Lipinski definition) is 1. The Morgan fingerprint density at radius 1 is 1.32 bits per heavy atom. The van der Waals surface area contributed by atoms with E-state index in [9.17, 15) is 0 Å². The van der Waals surface area contributed by atoms with Crippen LogP contribution in [0.15, 0.2) is 12.3 Å². The summed E-state index contributed by atoms with van der Waals surface area (Å²) in [4.78, 5) is 9.23. The summed E-state index contributed by atoms with van der Waals surface area (Å²) in [6.07, 6.45) is 3.14. The van der Waals surface area contributed by atoms with Crippen LogP contribution in [0.25, 0.3) is 0 Å². The molecule has 0 bridgehead atoms. The average molecular weight is 281 g/mol. The van der Waals surface area contributed by atoms with Gasteiger partial charge in [-0.25, -0.2) is 0 Å². The minimum absolute atomic E-state index is 0.733. The molecule has 0 spiro atoms. The normalized spacial score (nSPS) is 24.9. The molecular formula is C14H21ClN4. The van der Waals surface area contributed by atoms with E-state index < -0.39 is 0 Å². The molecule has 4 nitrogen and oxygen atoms in total. The van der Waals surface area contributed by atoms with Crippen LogP contribution in [-0.4, -0.2) is 55.2 Å². The number of anilines is 1. The Labute approximate surface area is 119 Å². The number of aryl methyl sites for hydroxylation is 1. The van der Waals surface area contributed by atoms with Gasteiger partial charge in [-0.2, -0.15) is 0 Å². The van der Waals surface area contributed by atoms with Crippen LogP contribution in [-0.2, 0) is 0 Å². The lowest BCUT2D eigenvalue weighted by atomic mass is 10.1. The molecule has 0 amide bonds. The van der Waals surface area contributed by atoms with Gasteiger partial charge in [-0.3, -0.25) is 9.88 Å². The van der Waals surface area contributed by atoms with Crippen LogP contribution in [0.1, 0.15) is 12.1 Å². The van der Waals surface area contributed by atoms with Crippen molar-refractivity contribution < 1.29 is 0 Å². The first-order chi connectivity index (χ1) is 9.25. The minimum Gasteiger partial charge on any atom is -0.368 e. The van der Waals surface area contributed by atoms with Crippen LogP contribution in [0.5, 0.6) is 0 Å². The van der Waals surface area contributed by atoms with Crippen molar-refractivity contribution in [1.82, 2.24) is 15.2 Å². The van der Waals surface area contributed by atoms with Crippen molar-refractivity contribution >= 4 is 17.3 Å². The smallest absolute Gasteiger partial charge is 0.0851 e. The summed E-state index contributed by atoms with van der Waals surface area (Å²) in [5.74, 6) is 0. The number of nitrogens with zero attached hydrogens (tertiary/aromatic N) is 3. The number of pyridine rings is 1. The second-order valence-corrected chi connectivity index (χ2v) is 5.78. The molecule has 1 aromatic heterocycles. The fourth-order valence-corrected chi connectivity index (χ4v) is 3.29. The summed E-state index contributed by atoms with van der Waals surface area (Å²) in [6.45, 7) is 8.65. The van der Waals surface area contributed by atoms with Gasteiger partial charge in [0.1, 0.15) is 0 Å². The molecule has 19 heavy (non-hydrogen) atoms. The Morgan fingerprint density at radius 3 is 2.79 bits per heavy atom. The summed E-state index contributed by atoms with van der Waals surface area (Å²) in [7, 11) is 0. The summed E-state index contributed by atoms with van der Waals surface area (Å²) >= 11 is 6.36. The molecule has 3 heterocycles. The van der Waals surface area contributed by atoms with E-state index in [1.165, 1.54) is 13.0 Å². The molecule has 0 saturated carbocycles. The molecule has 5 heteroatoms. The second kappa shape index (κ2) is 5.65. The maximum absolute atomic E-state index is 6.36. The first-order valence-electron chi connectivity index (χ1n) is 7.06. The van der Waals surface area contributed by atoms with Crippen LogP contribution in [0, 0.1) is 6.92 Å². The zero-order valence-corrected chi connectivity index (χ0v) is 12.2. The van der Waals surface area contributed by atoms with Crippen LogP contribution in [0.2, 0.25) is 5.02 Å². The monoisotopic (exact) mass is 280 g/mol. The lowest BCUT2D eigenvalue weighted by molar-refractivity contribution is 0.196. The summed E-state index contributed by atoms with van der Waals surface area (Å²) in [5, 5.41) is 4.25. The molecule has 2 fully saturated rings. The van der Waals surface area contributed by atoms with Crippen molar-refractivity contribution in [3.8, 4) is 0 Å². The van der Waals surface area contributed by atoms with E-state index in [-0.39, 0.29) is 0 Å². The van der Waals surface area contributed by atoms with Crippen molar-refractivity contribution in [2.24, 2.45) is 0 Å². The van der Waals surface area contributed by atoms with Crippen molar-refractivity contribution in [3.05, 3.63) is 23.0 Å². The van der Waals surface area contributed by atoms with Gasteiger partial charge in [-0.1, -0.05) is 11.6 Å². The molecule has 2 saturated heterocycles. The van der Waals surface area contributed by atoms with Crippen LogP contribution >= 0.6 is 11.6 Å². The van der Waals surface area contributed by atoms with E-state index in [0.717, 1.165) is 55.2 Å². The molecule has 2 aliphatic heterocycles. The van der Waals surface area contributed by atoms with Gasteiger partial charge < -0.3 is 10.2 Å². The topological polar surface area (TPSA) is 31.4 Å². The number of hydrogen-bond acceptors (Lipinski definition) is 4. The largest absolute Gasteiger partial charge is 0.368 e. The van der Waals surface area contributed by atoms with E-state index in [4.69, 9.17) is 11.6 Å².